The van der Waals surface area contributed by atoms with Gasteiger partial charge in [-0.25, -0.2) is 0 Å². The number of piperidine rings is 1. The number of amides is 1. The molecule has 2 aromatic carbocycles. The molecule has 1 aliphatic rings. The van der Waals surface area contributed by atoms with Crippen molar-refractivity contribution in [2.24, 2.45) is 5.41 Å². The molecule has 1 saturated heterocycles. The molecule has 2 N–H and O–H groups in total. The largest absolute Gasteiger partial charge is 0.497 e. The lowest BCUT2D eigenvalue weighted by Gasteiger charge is -2.35. The predicted octanol–water partition coefficient (Wildman–Crippen LogP) is 2.48. The van der Waals surface area contributed by atoms with Crippen molar-refractivity contribution in [3.8, 4) is 5.75 Å². The van der Waals surface area contributed by atoms with E-state index in [1.165, 1.54) is 0 Å². The lowest BCUT2D eigenvalue weighted by molar-refractivity contribution is -0.136. The van der Waals surface area contributed by atoms with Crippen molar-refractivity contribution >= 4 is 16.7 Å². The number of rotatable bonds is 6. The molecule has 5 nitrogen and oxygen atoms in total. The topological polar surface area (TPSA) is 59.6 Å². The number of ether oxygens (including phenoxy) is 2. The summed E-state index contributed by atoms with van der Waals surface area (Å²) in [7, 11) is 3.33. The zero-order valence-corrected chi connectivity index (χ0v) is 14.9. The van der Waals surface area contributed by atoms with Gasteiger partial charge in [0.25, 0.3) is 0 Å². The first-order valence-corrected chi connectivity index (χ1v) is 8.71. The molecule has 0 aliphatic carbocycles. The maximum atomic E-state index is 12.8. The molecule has 2 aromatic rings. The molecule has 3 rings (SSSR count). The van der Waals surface area contributed by atoms with Crippen LogP contribution in [-0.2, 0) is 16.1 Å². The number of benzene rings is 2. The summed E-state index contributed by atoms with van der Waals surface area (Å²) >= 11 is 0. The first kappa shape index (κ1) is 17.7. The Labute approximate surface area is 148 Å². The number of methoxy groups -OCH3 is 2. The van der Waals surface area contributed by atoms with Crippen molar-refractivity contribution < 1.29 is 14.3 Å². The van der Waals surface area contributed by atoms with Crippen molar-refractivity contribution in [1.82, 2.24) is 10.6 Å². The van der Waals surface area contributed by atoms with Gasteiger partial charge >= 0.3 is 0 Å². The van der Waals surface area contributed by atoms with E-state index in [-0.39, 0.29) is 5.91 Å². The van der Waals surface area contributed by atoms with Crippen LogP contribution in [0.1, 0.15) is 18.4 Å². The molecule has 0 atom stereocenters. The zero-order chi connectivity index (χ0) is 17.7. The van der Waals surface area contributed by atoms with Crippen LogP contribution in [0, 0.1) is 5.41 Å². The van der Waals surface area contributed by atoms with E-state index in [0.717, 1.165) is 48.0 Å². The number of fused-ring (bicyclic) bond motifs is 1. The fraction of sp³-hybridized carbons (Fsp3) is 0.450. The average molecular weight is 342 g/mol. The average Bonchev–Trinajstić information content (AvgIpc) is 2.66. The van der Waals surface area contributed by atoms with Gasteiger partial charge in [-0.05, 0) is 60.5 Å². The SMILES string of the molecule is COCC1(C(=O)NCc2ccc3cc(OC)ccc3c2)CCNCC1. The number of hydrogen-bond acceptors (Lipinski definition) is 4. The smallest absolute Gasteiger partial charge is 0.228 e. The van der Waals surface area contributed by atoms with E-state index in [4.69, 9.17) is 9.47 Å². The third-order valence-electron chi connectivity index (χ3n) is 5.03. The van der Waals surface area contributed by atoms with Crippen LogP contribution in [0.5, 0.6) is 5.75 Å². The van der Waals surface area contributed by atoms with Crippen LogP contribution in [0.25, 0.3) is 10.8 Å². The highest BCUT2D eigenvalue weighted by molar-refractivity contribution is 5.85. The Kier molecular flexibility index (Phi) is 5.56. The van der Waals surface area contributed by atoms with Crippen LogP contribution in [0.4, 0.5) is 0 Å². The molecule has 5 heteroatoms. The van der Waals surface area contributed by atoms with Gasteiger partial charge in [0.1, 0.15) is 5.75 Å². The van der Waals surface area contributed by atoms with Crippen LogP contribution < -0.4 is 15.4 Å². The highest BCUT2D eigenvalue weighted by atomic mass is 16.5. The Morgan fingerprint density at radius 1 is 1.12 bits per heavy atom. The summed E-state index contributed by atoms with van der Waals surface area (Å²) in [5.41, 5.74) is 0.678. The van der Waals surface area contributed by atoms with Crippen LogP contribution in [0.3, 0.4) is 0 Å². The highest BCUT2D eigenvalue weighted by Gasteiger charge is 2.39. The van der Waals surface area contributed by atoms with Gasteiger partial charge in [-0.15, -0.1) is 0 Å². The predicted molar refractivity (Wildman–Crippen MR) is 98.8 cm³/mol. The number of hydrogen-bond donors (Lipinski definition) is 2. The van der Waals surface area contributed by atoms with Crippen molar-refractivity contribution in [1.29, 1.82) is 0 Å². The van der Waals surface area contributed by atoms with E-state index in [2.05, 4.69) is 22.8 Å². The lowest BCUT2D eigenvalue weighted by atomic mass is 9.78. The second kappa shape index (κ2) is 7.85. The third kappa shape index (κ3) is 3.94. The molecule has 1 fully saturated rings. The van der Waals surface area contributed by atoms with Crippen molar-refractivity contribution in [2.75, 3.05) is 33.9 Å². The van der Waals surface area contributed by atoms with E-state index >= 15 is 0 Å². The third-order valence-corrected chi connectivity index (χ3v) is 5.03. The minimum atomic E-state index is -0.412. The summed E-state index contributed by atoms with van der Waals surface area (Å²) in [6.07, 6.45) is 1.62. The van der Waals surface area contributed by atoms with E-state index in [0.29, 0.717) is 13.2 Å². The van der Waals surface area contributed by atoms with E-state index in [1.54, 1.807) is 14.2 Å². The minimum absolute atomic E-state index is 0.0886. The summed E-state index contributed by atoms with van der Waals surface area (Å²) in [6, 6.07) is 12.2. The van der Waals surface area contributed by atoms with Gasteiger partial charge in [-0.1, -0.05) is 18.2 Å². The van der Waals surface area contributed by atoms with Gasteiger partial charge in [0, 0.05) is 13.7 Å². The van der Waals surface area contributed by atoms with Gasteiger partial charge < -0.3 is 20.1 Å². The first-order valence-electron chi connectivity index (χ1n) is 8.71. The molecular weight excluding hydrogens is 316 g/mol. The molecule has 0 radical (unpaired) electrons. The number of nitrogens with one attached hydrogen (secondary N) is 2. The van der Waals surface area contributed by atoms with E-state index in [1.807, 2.05) is 24.3 Å². The standard InChI is InChI=1S/C20H26N2O3/c1-24-14-20(7-9-21-10-8-20)19(23)22-13-15-3-4-17-12-18(25-2)6-5-16(17)11-15/h3-6,11-12,21H,7-10,13-14H2,1-2H3,(H,22,23). The summed E-state index contributed by atoms with van der Waals surface area (Å²) < 4.78 is 10.6. The summed E-state index contributed by atoms with van der Waals surface area (Å²) in [4.78, 5) is 12.8. The maximum absolute atomic E-state index is 12.8. The first-order chi connectivity index (χ1) is 12.2. The molecule has 0 aromatic heterocycles. The molecule has 1 amide bonds. The second-order valence-electron chi connectivity index (χ2n) is 6.69. The molecule has 1 heterocycles. The molecule has 25 heavy (non-hydrogen) atoms. The van der Waals surface area contributed by atoms with Gasteiger partial charge in [-0.2, -0.15) is 0 Å². The van der Waals surface area contributed by atoms with Crippen LogP contribution in [0.15, 0.2) is 36.4 Å². The molecule has 1 aliphatic heterocycles. The van der Waals surface area contributed by atoms with Crippen molar-refractivity contribution in [2.45, 2.75) is 19.4 Å². The normalized spacial score (nSPS) is 16.6. The fourth-order valence-corrected chi connectivity index (χ4v) is 3.50. The van der Waals surface area contributed by atoms with E-state index in [9.17, 15) is 4.79 Å². The molecule has 0 spiro atoms. The zero-order valence-electron chi connectivity index (χ0n) is 14.9. The molecular formula is C20H26N2O3. The van der Waals surface area contributed by atoms with Crippen molar-refractivity contribution in [3.05, 3.63) is 42.0 Å². The molecule has 0 saturated carbocycles. The molecule has 0 unspecified atom stereocenters. The number of carbonyl (C=O) groups excluding carboxylic acids is 1. The fourth-order valence-electron chi connectivity index (χ4n) is 3.50. The Morgan fingerprint density at radius 2 is 1.84 bits per heavy atom. The van der Waals surface area contributed by atoms with Gasteiger partial charge in [-0.3, -0.25) is 4.79 Å². The highest BCUT2D eigenvalue weighted by Crippen LogP contribution is 2.29. The Balaban J connectivity index is 1.69. The van der Waals surface area contributed by atoms with Crippen LogP contribution in [0.2, 0.25) is 0 Å². The Hall–Kier alpha value is -2.11. The quantitative estimate of drug-likeness (QED) is 0.847. The Morgan fingerprint density at radius 3 is 2.56 bits per heavy atom. The maximum Gasteiger partial charge on any atom is 0.228 e. The van der Waals surface area contributed by atoms with Gasteiger partial charge in [0.2, 0.25) is 5.91 Å². The van der Waals surface area contributed by atoms with Crippen LogP contribution in [-0.4, -0.2) is 39.8 Å². The minimum Gasteiger partial charge on any atom is -0.497 e. The second-order valence-corrected chi connectivity index (χ2v) is 6.69. The number of carbonyl (C=O) groups is 1. The van der Waals surface area contributed by atoms with Gasteiger partial charge in [0.05, 0.1) is 19.1 Å². The monoisotopic (exact) mass is 342 g/mol. The molecule has 0 bridgehead atoms. The lowest BCUT2D eigenvalue weighted by Crippen LogP contribution is -2.49. The van der Waals surface area contributed by atoms with Gasteiger partial charge in [0.15, 0.2) is 0 Å². The van der Waals surface area contributed by atoms with Crippen LogP contribution >= 0.6 is 0 Å². The Bertz CT molecular complexity index is 733. The summed E-state index contributed by atoms with van der Waals surface area (Å²) in [5, 5.41) is 8.69. The molecule has 134 valence electrons. The summed E-state index contributed by atoms with van der Waals surface area (Å²) in [6.45, 7) is 2.71. The summed E-state index contributed by atoms with van der Waals surface area (Å²) in [5.74, 6) is 0.937. The van der Waals surface area contributed by atoms with Crippen molar-refractivity contribution in [3.63, 3.8) is 0 Å². The van der Waals surface area contributed by atoms with E-state index < -0.39 is 5.41 Å².